The summed E-state index contributed by atoms with van der Waals surface area (Å²) in [5.41, 5.74) is 5.61. The molecule has 4 heteroatoms. The third-order valence-electron chi connectivity index (χ3n) is 3.64. The SMILES string of the molecule is Cn1cc(CCC(CCCc2ccccc2)NN)cn1. The van der Waals surface area contributed by atoms with E-state index in [4.69, 9.17) is 5.84 Å². The van der Waals surface area contributed by atoms with E-state index in [1.807, 2.05) is 17.9 Å². The average molecular weight is 272 g/mol. The minimum atomic E-state index is 0.374. The van der Waals surface area contributed by atoms with E-state index in [1.54, 1.807) is 0 Å². The Bertz CT molecular complexity index is 492. The van der Waals surface area contributed by atoms with Crippen molar-refractivity contribution in [3.05, 3.63) is 53.9 Å². The third kappa shape index (κ3) is 4.79. The van der Waals surface area contributed by atoms with Gasteiger partial charge in [-0.3, -0.25) is 16.0 Å². The Balaban J connectivity index is 1.69. The Kier molecular flexibility index (Phi) is 5.77. The van der Waals surface area contributed by atoms with E-state index in [2.05, 4.69) is 47.1 Å². The molecule has 0 amide bonds. The second kappa shape index (κ2) is 7.82. The molecule has 0 fully saturated rings. The van der Waals surface area contributed by atoms with Gasteiger partial charge in [-0.15, -0.1) is 0 Å². The van der Waals surface area contributed by atoms with E-state index in [0.717, 1.165) is 32.1 Å². The Morgan fingerprint density at radius 3 is 2.60 bits per heavy atom. The fourth-order valence-electron chi connectivity index (χ4n) is 2.45. The molecule has 0 radical (unpaired) electrons. The summed E-state index contributed by atoms with van der Waals surface area (Å²) in [5.74, 6) is 5.65. The van der Waals surface area contributed by atoms with Crippen molar-refractivity contribution in [1.29, 1.82) is 0 Å². The second-order valence-corrected chi connectivity index (χ2v) is 5.30. The van der Waals surface area contributed by atoms with Crippen LogP contribution in [0.15, 0.2) is 42.7 Å². The highest BCUT2D eigenvalue weighted by Crippen LogP contribution is 2.10. The Labute approximate surface area is 121 Å². The maximum atomic E-state index is 5.65. The molecule has 3 N–H and O–H groups in total. The summed E-state index contributed by atoms with van der Waals surface area (Å²) in [5, 5.41) is 4.19. The number of nitrogens with zero attached hydrogens (tertiary/aromatic N) is 2. The lowest BCUT2D eigenvalue weighted by atomic mass is 10.0. The largest absolute Gasteiger partial charge is 0.276 e. The number of nitrogens with two attached hydrogens (primary N) is 1. The van der Waals surface area contributed by atoms with Crippen molar-refractivity contribution in [3.63, 3.8) is 0 Å². The second-order valence-electron chi connectivity index (χ2n) is 5.30. The van der Waals surface area contributed by atoms with Crippen molar-refractivity contribution in [2.75, 3.05) is 0 Å². The van der Waals surface area contributed by atoms with Crippen LogP contribution in [0.1, 0.15) is 30.4 Å². The van der Waals surface area contributed by atoms with E-state index < -0.39 is 0 Å². The molecule has 2 aromatic rings. The molecule has 1 atom stereocenters. The lowest BCUT2D eigenvalue weighted by Gasteiger charge is -2.15. The summed E-state index contributed by atoms with van der Waals surface area (Å²) in [7, 11) is 1.95. The summed E-state index contributed by atoms with van der Waals surface area (Å²) < 4.78 is 1.84. The summed E-state index contributed by atoms with van der Waals surface area (Å²) in [6.45, 7) is 0. The van der Waals surface area contributed by atoms with Crippen LogP contribution in [-0.4, -0.2) is 15.8 Å². The first-order valence-electron chi connectivity index (χ1n) is 7.25. The van der Waals surface area contributed by atoms with Crippen molar-refractivity contribution in [2.45, 2.75) is 38.1 Å². The predicted molar refractivity (Wildman–Crippen MR) is 82.0 cm³/mol. The van der Waals surface area contributed by atoms with Crippen LogP contribution in [0, 0.1) is 0 Å². The molecule has 1 unspecified atom stereocenters. The number of hydrazine groups is 1. The fraction of sp³-hybridized carbons (Fsp3) is 0.438. The molecule has 0 aliphatic rings. The van der Waals surface area contributed by atoms with E-state index >= 15 is 0 Å². The third-order valence-corrected chi connectivity index (χ3v) is 3.64. The topological polar surface area (TPSA) is 55.9 Å². The number of benzene rings is 1. The fourth-order valence-corrected chi connectivity index (χ4v) is 2.45. The highest BCUT2D eigenvalue weighted by Gasteiger charge is 2.07. The average Bonchev–Trinajstić information content (AvgIpc) is 2.89. The van der Waals surface area contributed by atoms with Crippen LogP contribution >= 0.6 is 0 Å². The standard InChI is InChI=1S/C16H24N4/c1-20-13-15(12-18-20)10-11-16(19-17)9-5-8-14-6-3-2-4-7-14/h2-4,6-7,12-13,16,19H,5,8-11,17H2,1H3. The molecule has 0 saturated heterocycles. The summed E-state index contributed by atoms with van der Waals surface area (Å²) in [4.78, 5) is 0. The van der Waals surface area contributed by atoms with Crippen LogP contribution in [0.5, 0.6) is 0 Å². The van der Waals surface area contributed by atoms with Gasteiger partial charge in [0.15, 0.2) is 0 Å². The summed E-state index contributed by atoms with van der Waals surface area (Å²) in [6, 6.07) is 11.0. The van der Waals surface area contributed by atoms with Gasteiger partial charge >= 0.3 is 0 Å². The van der Waals surface area contributed by atoms with Gasteiger partial charge in [-0.2, -0.15) is 5.10 Å². The van der Waals surface area contributed by atoms with Crippen LogP contribution in [0.2, 0.25) is 0 Å². The van der Waals surface area contributed by atoms with Crippen LogP contribution in [0.25, 0.3) is 0 Å². The normalized spacial score (nSPS) is 12.5. The Morgan fingerprint density at radius 2 is 1.95 bits per heavy atom. The molecule has 2 rings (SSSR count). The van der Waals surface area contributed by atoms with Gasteiger partial charge in [0.1, 0.15) is 0 Å². The summed E-state index contributed by atoms with van der Waals surface area (Å²) >= 11 is 0. The van der Waals surface area contributed by atoms with Crippen molar-refractivity contribution >= 4 is 0 Å². The first-order valence-corrected chi connectivity index (χ1v) is 7.25. The molecular formula is C16H24N4. The molecule has 108 valence electrons. The first-order chi connectivity index (χ1) is 9.78. The van der Waals surface area contributed by atoms with Crippen LogP contribution in [0.4, 0.5) is 0 Å². The molecular weight excluding hydrogens is 248 g/mol. The molecule has 0 aliphatic carbocycles. The zero-order chi connectivity index (χ0) is 14.2. The molecule has 1 aromatic heterocycles. The van der Waals surface area contributed by atoms with Crippen LogP contribution in [0.3, 0.4) is 0 Å². The van der Waals surface area contributed by atoms with Gasteiger partial charge in [0.25, 0.3) is 0 Å². The molecule has 0 spiro atoms. The number of aromatic nitrogens is 2. The molecule has 4 nitrogen and oxygen atoms in total. The lowest BCUT2D eigenvalue weighted by Crippen LogP contribution is -2.35. The molecule has 20 heavy (non-hydrogen) atoms. The Hall–Kier alpha value is -1.65. The van der Waals surface area contributed by atoms with Crippen LogP contribution < -0.4 is 11.3 Å². The van der Waals surface area contributed by atoms with Crippen molar-refractivity contribution < 1.29 is 0 Å². The maximum absolute atomic E-state index is 5.65. The number of aryl methyl sites for hydroxylation is 3. The monoisotopic (exact) mass is 272 g/mol. The predicted octanol–water partition coefficient (Wildman–Crippen LogP) is 2.21. The van der Waals surface area contributed by atoms with Crippen LogP contribution in [-0.2, 0) is 19.9 Å². The van der Waals surface area contributed by atoms with Crippen molar-refractivity contribution in [1.82, 2.24) is 15.2 Å². The van der Waals surface area contributed by atoms with Gasteiger partial charge in [0.2, 0.25) is 0 Å². The quantitative estimate of drug-likeness (QED) is 0.572. The smallest absolute Gasteiger partial charge is 0.0521 e. The number of rotatable bonds is 8. The molecule has 0 saturated carbocycles. The zero-order valence-corrected chi connectivity index (χ0v) is 12.1. The zero-order valence-electron chi connectivity index (χ0n) is 12.1. The first kappa shape index (κ1) is 14.8. The molecule has 1 aromatic carbocycles. The minimum absolute atomic E-state index is 0.374. The number of nitrogens with one attached hydrogen (secondary N) is 1. The van der Waals surface area contributed by atoms with E-state index in [-0.39, 0.29) is 0 Å². The van der Waals surface area contributed by atoms with Crippen molar-refractivity contribution in [3.8, 4) is 0 Å². The van der Waals surface area contributed by atoms with Gasteiger partial charge in [-0.25, -0.2) is 0 Å². The molecule has 0 bridgehead atoms. The van der Waals surface area contributed by atoms with Gasteiger partial charge in [-0.05, 0) is 43.2 Å². The van der Waals surface area contributed by atoms with E-state index in [9.17, 15) is 0 Å². The molecule has 0 aliphatic heterocycles. The molecule has 1 heterocycles. The van der Waals surface area contributed by atoms with E-state index in [0.29, 0.717) is 6.04 Å². The minimum Gasteiger partial charge on any atom is -0.276 e. The number of hydrogen-bond donors (Lipinski definition) is 2. The van der Waals surface area contributed by atoms with Crippen molar-refractivity contribution in [2.24, 2.45) is 12.9 Å². The Morgan fingerprint density at radius 1 is 1.15 bits per heavy atom. The number of hydrogen-bond acceptors (Lipinski definition) is 3. The lowest BCUT2D eigenvalue weighted by molar-refractivity contribution is 0.451. The van der Waals surface area contributed by atoms with Gasteiger partial charge < -0.3 is 0 Å². The summed E-state index contributed by atoms with van der Waals surface area (Å²) in [6.07, 6.45) is 9.45. The van der Waals surface area contributed by atoms with Gasteiger partial charge in [0.05, 0.1) is 6.20 Å². The maximum Gasteiger partial charge on any atom is 0.0521 e. The van der Waals surface area contributed by atoms with Gasteiger partial charge in [-0.1, -0.05) is 30.3 Å². The van der Waals surface area contributed by atoms with Gasteiger partial charge in [0, 0.05) is 19.3 Å². The highest BCUT2D eigenvalue weighted by atomic mass is 15.2. The van der Waals surface area contributed by atoms with E-state index in [1.165, 1.54) is 11.1 Å². The highest BCUT2D eigenvalue weighted by molar-refractivity contribution is 5.14.